The Balaban J connectivity index is 1.80. The van der Waals surface area contributed by atoms with Crippen molar-refractivity contribution in [1.82, 2.24) is 0 Å². The third-order valence-corrected chi connectivity index (χ3v) is 7.58. The van der Waals surface area contributed by atoms with Crippen molar-refractivity contribution in [3.63, 3.8) is 0 Å². The number of halogens is 8. The number of nitrogen functional groups attached to an aromatic ring is 2. The lowest BCUT2D eigenvalue weighted by Gasteiger charge is -2.37. The van der Waals surface area contributed by atoms with Gasteiger partial charge in [0.25, 0.3) is 0 Å². The van der Waals surface area contributed by atoms with E-state index >= 15 is 35.1 Å². The summed E-state index contributed by atoms with van der Waals surface area (Å²) in [6.07, 6.45) is 3.45. The summed E-state index contributed by atoms with van der Waals surface area (Å²) in [5.41, 5.74) is 10.0. The third-order valence-electron chi connectivity index (χ3n) is 7.58. The van der Waals surface area contributed by atoms with E-state index in [1.54, 1.807) is 13.8 Å². The third kappa shape index (κ3) is 4.51. The van der Waals surface area contributed by atoms with Crippen molar-refractivity contribution in [3.05, 3.63) is 57.6 Å². The summed E-state index contributed by atoms with van der Waals surface area (Å²) in [4.78, 5) is 0. The van der Waals surface area contributed by atoms with Gasteiger partial charge in [0.15, 0.2) is 0 Å². The van der Waals surface area contributed by atoms with Gasteiger partial charge in [0.1, 0.15) is 0 Å². The van der Waals surface area contributed by atoms with Crippen molar-refractivity contribution >= 4 is 11.4 Å². The molecule has 0 atom stereocenters. The van der Waals surface area contributed by atoms with Crippen LogP contribution in [0.5, 0.6) is 0 Å². The molecule has 0 saturated heterocycles. The van der Waals surface area contributed by atoms with E-state index in [4.69, 9.17) is 11.5 Å². The number of benzene rings is 2. The van der Waals surface area contributed by atoms with E-state index < -0.39 is 34.8 Å². The number of rotatable bonds is 11. The van der Waals surface area contributed by atoms with E-state index in [-0.39, 0.29) is 58.3 Å². The van der Waals surface area contributed by atoms with E-state index in [0.29, 0.717) is 62.8 Å². The van der Waals surface area contributed by atoms with Gasteiger partial charge < -0.3 is 11.5 Å². The molecule has 10 heteroatoms. The molecule has 0 heterocycles. The van der Waals surface area contributed by atoms with Gasteiger partial charge in [0, 0.05) is 22.5 Å². The summed E-state index contributed by atoms with van der Waals surface area (Å²) in [7, 11) is 0. The Morgan fingerprint density at radius 3 is 1.18 bits per heavy atom. The molecule has 2 aliphatic carbocycles. The fourth-order valence-corrected chi connectivity index (χ4v) is 5.01. The van der Waals surface area contributed by atoms with Crippen LogP contribution in [0.4, 0.5) is 46.5 Å². The molecule has 0 unspecified atom stereocenters. The first-order valence-corrected chi connectivity index (χ1v) is 13.0. The molecule has 2 aromatic carbocycles. The zero-order valence-corrected chi connectivity index (χ0v) is 21.3. The summed E-state index contributed by atoms with van der Waals surface area (Å²) in [6.45, 7) is 3.42. The predicted octanol–water partition coefficient (Wildman–Crippen LogP) is 8.67. The normalized spacial score (nSPS) is 17.2. The molecule has 2 aromatic rings. The van der Waals surface area contributed by atoms with Gasteiger partial charge in [-0.15, -0.1) is 0 Å². The lowest BCUT2D eigenvalue weighted by atomic mass is 9.86. The standard InChI is InChI=1S/C28H32F8N2/c1-3-5-17-11-19(13-21(23(17)37)15-7-8-15)25(29,30)27(33,34)28(35,36)26(31,32)20-12-18(6-4-2)24(38)22(14-20)16-9-10-16/h11-16H,3-10,37-38H2,1-2H3. The van der Waals surface area contributed by atoms with Gasteiger partial charge in [-0.1, -0.05) is 26.7 Å². The molecule has 0 aromatic heterocycles. The van der Waals surface area contributed by atoms with Gasteiger partial charge in [-0.25, -0.2) is 0 Å². The van der Waals surface area contributed by atoms with Crippen LogP contribution in [-0.2, 0) is 24.7 Å². The Labute approximate surface area is 216 Å². The van der Waals surface area contributed by atoms with Crippen molar-refractivity contribution in [2.75, 3.05) is 11.5 Å². The maximum atomic E-state index is 15.3. The molecule has 0 amide bonds. The lowest BCUT2D eigenvalue weighted by Crippen LogP contribution is -2.59. The summed E-state index contributed by atoms with van der Waals surface area (Å²) < 4.78 is 122. The largest absolute Gasteiger partial charge is 0.398 e. The smallest absolute Gasteiger partial charge is 0.382 e. The second kappa shape index (κ2) is 9.59. The molecule has 38 heavy (non-hydrogen) atoms. The van der Waals surface area contributed by atoms with Crippen LogP contribution in [0.15, 0.2) is 24.3 Å². The van der Waals surface area contributed by atoms with Crippen molar-refractivity contribution in [2.45, 2.75) is 101 Å². The van der Waals surface area contributed by atoms with Crippen LogP contribution in [0.25, 0.3) is 0 Å². The molecule has 210 valence electrons. The predicted molar refractivity (Wildman–Crippen MR) is 131 cm³/mol. The summed E-state index contributed by atoms with van der Waals surface area (Å²) >= 11 is 0. The van der Waals surface area contributed by atoms with E-state index in [2.05, 4.69) is 0 Å². The molecule has 0 bridgehead atoms. The van der Waals surface area contributed by atoms with Gasteiger partial charge in [-0.2, -0.15) is 35.1 Å². The number of hydrogen-bond donors (Lipinski definition) is 2. The van der Waals surface area contributed by atoms with Crippen LogP contribution in [0.1, 0.15) is 97.6 Å². The number of nitrogens with two attached hydrogens (primary N) is 2. The van der Waals surface area contributed by atoms with Crippen molar-refractivity contribution in [2.24, 2.45) is 0 Å². The molecule has 2 nitrogen and oxygen atoms in total. The molecule has 4 rings (SSSR count). The van der Waals surface area contributed by atoms with Crippen LogP contribution in [0, 0.1) is 0 Å². The van der Waals surface area contributed by atoms with E-state index in [9.17, 15) is 0 Å². The Kier molecular flexibility index (Phi) is 7.19. The molecule has 0 radical (unpaired) electrons. The van der Waals surface area contributed by atoms with Crippen LogP contribution >= 0.6 is 0 Å². The maximum absolute atomic E-state index is 15.3. The summed E-state index contributed by atoms with van der Waals surface area (Å²) in [5.74, 6) is -24.6. The average Bonchev–Trinajstić information content (AvgIpc) is 3.75. The highest BCUT2D eigenvalue weighted by Gasteiger charge is 2.81. The fourth-order valence-electron chi connectivity index (χ4n) is 5.01. The highest BCUT2D eigenvalue weighted by atomic mass is 19.4. The molecule has 2 aliphatic rings. The van der Waals surface area contributed by atoms with Gasteiger partial charge in [0.2, 0.25) is 0 Å². The molecule has 0 spiro atoms. The Morgan fingerprint density at radius 1 is 0.605 bits per heavy atom. The van der Waals surface area contributed by atoms with Gasteiger partial charge in [-0.3, -0.25) is 0 Å². The first kappa shape index (κ1) is 28.5. The summed E-state index contributed by atoms with van der Waals surface area (Å²) in [5, 5.41) is 0. The van der Waals surface area contributed by atoms with E-state index in [1.807, 2.05) is 0 Å². The molecular formula is C28H32F8N2. The molecule has 2 fully saturated rings. The van der Waals surface area contributed by atoms with E-state index in [1.165, 1.54) is 0 Å². The number of anilines is 2. The minimum atomic E-state index is -6.43. The zero-order chi connectivity index (χ0) is 28.3. The van der Waals surface area contributed by atoms with Crippen LogP contribution < -0.4 is 11.5 Å². The lowest BCUT2D eigenvalue weighted by molar-refractivity contribution is -0.374. The van der Waals surface area contributed by atoms with Gasteiger partial charge >= 0.3 is 23.7 Å². The SMILES string of the molecule is CCCc1cc(C(F)(F)C(F)(F)C(F)(F)C(F)(F)c2cc(CCC)c(N)c(C3CC3)c2)cc(C2CC2)c1N. The van der Waals surface area contributed by atoms with Crippen LogP contribution in [-0.4, -0.2) is 11.8 Å². The fraction of sp³-hybridized carbons (Fsp3) is 0.571. The highest BCUT2D eigenvalue weighted by molar-refractivity contribution is 5.60. The Hall–Kier alpha value is -2.52. The van der Waals surface area contributed by atoms with Crippen molar-refractivity contribution < 1.29 is 35.1 Å². The zero-order valence-electron chi connectivity index (χ0n) is 21.3. The first-order chi connectivity index (χ1) is 17.6. The van der Waals surface area contributed by atoms with E-state index in [0.717, 1.165) is 0 Å². The second-order valence-electron chi connectivity index (χ2n) is 10.6. The minimum absolute atomic E-state index is 0.106. The number of alkyl halides is 8. The topological polar surface area (TPSA) is 52.0 Å². The average molecular weight is 549 g/mol. The van der Waals surface area contributed by atoms with Gasteiger partial charge in [-0.05, 0) is 96.9 Å². The monoisotopic (exact) mass is 548 g/mol. The van der Waals surface area contributed by atoms with Crippen molar-refractivity contribution in [3.8, 4) is 0 Å². The first-order valence-electron chi connectivity index (χ1n) is 13.0. The molecular weight excluding hydrogens is 516 g/mol. The van der Waals surface area contributed by atoms with Crippen molar-refractivity contribution in [1.29, 1.82) is 0 Å². The van der Waals surface area contributed by atoms with Crippen LogP contribution in [0.3, 0.4) is 0 Å². The molecule has 0 aliphatic heterocycles. The van der Waals surface area contributed by atoms with Gasteiger partial charge in [0.05, 0.1) is 0 Å². The Bertz CT molecular complexity index is 1110. The quantitative estimate of drug-likeness (QED) is 0.218. The number of aryl methyl sites for hydroxylation is 2. The maximum Gasteiger partial charge on any atom is 0.382 e. The number of hydrogen-bond acceptors (Lipinski definition) is 2. The minimum Gasteiger partial charge on any atom is -0.398 e. The van der Waals surface area contributed by atoms with Crippen LogP contribution in [0.2, 0.25) is 0 Å². The second-order valence-corrected chi connectivity index (χ2v) is 10.6. The highest BCUT2D eigenvalue weighted by Crippen LogP contribution is 2.60. The molecule has 2 saturated carbocycles. The Morgan fingerprint density at radius 2 is 0.921 bits per heavy atom. The molecule has 4 N–H and O–H groups in total. The summed E-state index contributed by atoms with van der Waals surface area (Å²) in [6, 6.07) is 2.62.